The van der Waals surface area contributed by atoms with Gasteiger partial charge < -0.3 is 19.7 Å². The van der Waals surface area contributed by atoms with Gasteiger partial charge in [0.25, 0.3) is 0 Å². The average molecular weight is 387 g/mol. The first-order chi connectivity index (χ1) is 13.6. The molecule has 2 aromatic carbocycles. The second-order valence-electron chi connectivity index (χ2n) is 6.99. The van der Waals surface area contributed by atoms with Crippen molar-refractivity contribution < 1.29 is 19.7 Å². The Kier molecular flexibility index (Phi) is 8.97. The lowest BCUT2D eigenvalue weighted by atomic mass is 9.92. The summed E-state index contributed by atoms with van der Waals surface area (Å²) >= 11 is 0. The molecule has 3 unspecified atom stereocenters. The zero-order valence-electron chi connectivity index (χ0n) is 17.5. The number of benzene rings is 2. The normalized spacial score (nSPS) is 21.6. The summed E-state index contributed by atoms with van der Waals surface area (Å²) in [7, 11) is 0. The van der Waals surface area contributed by atoms with Crippen molar-refractivity contribution in [3.05, 3.63) is 64.7 Å². The van der Waals surface area contributed by atoms with Gasteiger partial charge >= 0.3 is 0 Å². The predicted molar refractivity (Wildman–Crippen MR) is 113 cm³/mol. The first kappa shape index (κ1) is 22.4. The molecule has 1 heterocycles. The third-order valence-electron chi connectivity index (χ3n) is 4.96. The molecule has 28 heavy (non-hydrogen) atoms. The van der Waals surface area contributed by atoms with E-state index in [1.807, 2.05) is 32.9 Å². The minimum absolute atomic E-state index is 0.0571. The molecule has 0 bridgehead atoms. The molecule has 0 aromatic heterocycles. The van der Waals surface area contributed by atoms with E-state index in [2.05, 4.69) is 37.3 Å². The van der Waals surface area contributed by atoms with Gasteiger partial charge in [0, 0.05) is 12.8 Å². The van der Waals surface area contributed by atoms with Crippen LogP contribution in [0.2, 0.25) is 0 Å². The van der Waals surface area contributed by atoms with Gasteiger partial charge in [-0.05, 0) is 54.7 Å². The molecule has 0 spiro atoms. The molecule has 1 fully saturated rings. The minimum Gasteiger partial charge on any atom is -0.494 e. The van der Waals surface area contributed by atoms with Crippen molar-refractivity contribution in [3.8, 4) is 5.75 Å². The van der Waals surface area contributed by atoms with Crippen LogP contribution in [-0.2, 0) is 11.2 Å². The summed E-state index contributed by atoms with van der Waals surface area (Å²) in [5, 5.41) is 19.4. The van der Waals surface area contributed by atoms with Crippen LogP contribution >= 0.6 is 0 Å². The van der Waals surface area contributed by atoms with E-state index in [1.165, 1.54) is 16.7 Å². The molecule has 4 heteroatoms. The quantitative estimate of drug-likeness (QED) is 0.763. The predicted octanol–water partition coefficient (Wildman–Crippen LogP) is 4.58. The molecular formula is C24H34O4. The SMILES string of the molecule is CC.CCOc1ccc(Cc2cc(C3CC(O)CC(CO)O3)ccc2C)cc1. The van der Waals surface area contributed by atoms with Crippen molar-refractivity contribution >= 4 is 0 Å². The molecule has 154 valence electrons. The highest BCUT2D eigenvalue weighted by molar-refractivity contribution is 5.38. The van der Waals surface area contributed by atoms with E-state index >= 15 is 0 Å². The zero-order chi connectivity index (χ0) is 20.5. The molecular weight excluding hydrogens is 352 g/mol. The fourth-order valence-electron chi connectivity index (χ4n) is 3.49. The average Bonchev–Trinajstić information content (AvgIpc) is 2.72. The maximum absolute atomic E-state index is 10.1. The van der Waals surface area contributed by atoms with Gasteiger partial charge in [0.1, 0.15) is 5.75 Å². The standard InChI is InChI=1S/C22H28O4.C2H6/c1-3-25-20-8-5-16(6-9-20)10-18-11-17(7-4-15(18)2)22-13-19(24)12-21(14-23)26-22;1-2/h4-9,11,19,21-24H,3,10,12-14H2,1-2H3;1-2H3. The Bertz CT molecular complexity index is 711. The fourth-order valence-corrected chi connectivity index (χ4v) is 3.49. The molecule has 1 saturated heterocycles. The summed E-state index contributed by atoms with van der Waals surface area (Å²) in [6, 6.07) is 14.5. The molecule has 3 rings (SSSR count). The van der Waals surface area contributed by atoms with Gasteiger partial charge in [0.15, 0.2) is 0 Å². The largest absolute Gasteiger partial charge is 0.494 e. The first-order valence-electron chi connectivity index (χ1n) is 10.3. The number of aliphatic hydroxyl groups excluding tert-OH is 2. The van der Waals surface area contributed by atoms with Gasteiger partial charge in [-0.3, -0.25) is 0 Å². The topological polar surface area (TPSA) is 58.9 Å². The van der Waals surface area contributed by atoms with Gasteiger partial charge in [-0.15, -0.1) is 0 Å². The summed E-state index contributed by atoms with van der Waals surface area (Å²) in [4.78, 5) is 0. The Balaban J connectivity index is 0.00000136. The third-order valence-corrected chi connectivity index (χ3v) is 4.96. The highest BCUT2D eigenvalue weighted by Gasteiger charge is 2.29. The minimum atomic E-state index is -0.429. The summed E-state index contributed by atoms with van der Waals surface area (Å²) in [6.45, 7) is 8.70. The van der Waals surface area contributed by atoms with Crippen LogP contribution in [0.1, 0.15) is 62.0 Å². The van der Waals surface area contributed by atoms with Crippen LogP contribution in [0, 0.1) is 6.92 Å². The van der Waals surface area contributed by atoms with Crippen molar-refractivity contribution in [3.63, 3.8) is 0 Å². The van der Waals surface area contributed by atoms with Crippen LogP contribution in [0.5, 0.6) is 5.75 Å². The zero-order valence-corrected chi connectivity index (χ0v) is 17.5. The van der Waals surface area contributed by atoms with E-state index in [0.717, 1.165) is 17.7 Å². The maximum Gasteiger partial charge on any atom is 0.119 e. The molecule has 0 saturated carbocycles. The number of ether oxygens (including phenoxy) is 2. The lowest BCUT2D eigenvalue weighted by Crippen LogP contribution is -2.33. The van der Waals surface area contributed by atoms with E-state index in [1.54, 1.807) is 0 Å². The van der Waals surface area contributed by atoms with Gasteiger partial charge in [-0.1, -0.05) is 44.2 Å². The van der Waals surface area contributed by atoms with E-state index < -0.39 is 6.10 Å². The Morgan fingerprint density at radius 2 is 1.79 bits per heavy atom. The van der Waals surface area contributed by atoms with Crippen molar-refractivity contribution in [1.29, 1.82) is 0 Å². The fraction of sp³-hybridized carbons (Fsp3) is 0.500. The van der Waals surface area contributed by atoms with E-state index in [9.17, 15) is 10.2 Å². The van der Waals surface area contributed by atoms with Crippen molar-refractivity contribution in [2.24, 2.45) is 0 Å². The molecule has 1 aliphatic rings. The lowest BCUT2D eigenvalue weighted by Gasteiger charge is -2.32. The highest BCUT2D eigenvalue weighted by atomic mass is 16.5. The van der Waals surface area contributed by atoms with Crippen LogP contribution in [0.3, 0.4) is 0 Å². The molecule has 2 aromatic rings. The molecule has 1 aliphatic heterocycles. The number of hydrogen-bond acceptors (Lipinski definition) is 4. The van der Waals surface area contributed by atoms with E-state index in [-0.39, 0.29) is 18.8 Å². The van der Waals surface area contributed by atoms with Crippen LogP contribution < -0.4 is 4.74 Å². The van der Waals surface area contributed by atoms with Crippen molar-refractivity contribution in [2.45, 2.75) is 65.3 Å². The van der Waals surface area contributed by atoms with E-state index in [4.69, 9.17) is 9.47 Å². The second kappa shape index (κ2) is 11.2. The molecule has 0 radical (unpaired) electrons. The van der Waals surface area contributed by atoms with E-state index in [0.29, 0.717) is 19.4 Å². The van der Waals surface area contributed by atoms with Gasteiger partial charge in [-0.25, -0.2) is 0 Å². The van der Waals surface area contributed by atoms with Gasteiger partial charge in [-0.2, -0.15) is 0 Å². The van der Waals surface area contributed by atoms with Crippen molar-refractivity contribution in [1.82, 2.24) is 0 Å². The second-order valence-corrected chi connectivity index (χ2v) is 6.99. The van der Waals surface area contributed by atoms with Gasteiger partial charge in [0.2, 0.25) is 0 Å². The number of rotatable bonds is 6. The van der Waals surface area contributed by atoms with Crippen LogP contribution in [0.4, 0.5) is 0 Å². The summed E-state index contributed by atoms with van der Waals surface area (Å²) in [5.74, 6) is 0.890. The third kappa shape index (κ3) is 6.06. The first-order valence-corrected chi connectivity index (χ1v) is 10.3. The van der Waals surface area contributed by atoms with Crippen LogP contribution in [-0.4, -0.2) is 35.6 Å². The Hall–Kier alpha value is -1.88. The summed E-state index contributed by atoms with van der Waals surface area (Å²) in [5.41, 5.74) is 4.77. The number of aliphatic hydroxyl groups is 2. The summed E-state index contributed by atoms with van der Waals surface area (Å²) < 4.78 is 11.5. The molecule has 4 nitrogen and oxygen atoms in total. The summed E-state index contributed by atoms with van der Waals surface area (Å²) in [6.07, 6.45) is 1.02. The highest BCUT2D eigenvalue weighted by Crippen LogP contribution is 2.32. The number of hydrogen-bond donors (Lipinski definition) is 2. The number of aryl methyl sites for hydroxylation is 1. The smallest absolute Gasteiger partial charge is 0.119 e. The molecule has 0 amide bonds. The van der Waals surface area contributed by atoms with Crippen LogP contribution in [0.15, 0.2) is 42.5 Å². The molecule has 0 aliphatic carbocycles. The maximum atomic E-state index is 10.1. The van der Waals surface area contributed by atoms with Crippen molar-refractivity contribution in [2.75, 3.05) is 13.2 Å². The van der Waals surface area contributed by atoms with Gasteiger partial charge in [0.05, 0.1) is 31.5 Å². The lowest BCUT2D eigenvalue weighted by molar-refractivity contribution is -0.113. The Morgan fingerprint density at radius 1 is 1.07 bits per heavy atom. The monoisotopic (exact) mass is 386 g/mol. The van der Waals surface area contributed by atoms with Crippen LogP contribution in [0.25, 0.3) is 0 Å². The Labute approximate surface area is 169 Å². The molecule has 3 atom stereocenters. The molecule has 2 N–H and O–H groups in total. The Morgan fingerprint density at radius 3 is 2.43 bits per heavy atom.